The van der Waals surface area contributed by atoms with E-state index in [4.69, 9.17) is 16.3 Å². The first-order valence-corrected chi connectivity index (χ1v) is 12.3. The van der Waals surface area contributed by atoms with E-state index in [1.807, 2.05) is 6.92 Å². The summed E-state index contributed by atoms with van der Waals surface area (Å²) in [6.45, 7) is 1.35. The van der Waals surface area contributed by atoms with Crippen LogP contribution in [0.1, 0.15) is 35.2 Å². The largest absolute Gasteiger partial charge is 0.452 e. The summed E-state index contributed by atoms with van der Waals surface area (Å²) in [6, 6.07) is 9.53. The number of imide groups is 1. The van der Waals surface area contributed by atoms with Crippen LogP contribution in [0.4, 0.5) is 11.4 Å². The van der Waals surface area contributed by atoms with E-state index in [0.717, 1.165) is 24.8 Å². The fraction of sp³-hybridized carbons (Fsp3) is 0.360. The summed E-state index contributed by atoms with van der Waals surface area (Å²) < 4.78 is 5.84. The standard InChI is InChI=1S/C25H22BrClN2O5/c1-12-8-17(26)18(27)10-19(12)28-20(30)11-34-25(33)13-4-6-16(7-5-13)29-23(31)21-14-2-3-15(9-14)22(21)24(29)32/h4-8,10,14-15,21-22H,2-3,9,11H2,1H3,(H,28,30)/t14-,15-,21-,22-/m0/s1. The van der Waals surface area contributed by atoms with Gasteiger partial charge in [-0.1, -0.05) is 11.6 Å². The lowest BCUT2D eigenvalue weighted by Crippen LogP contribution is -2.32. The number of nitrogens with one attached hydrogen (secondary N) is 1. The molecular weight excluding hydrogens is 524 g/mol. The Kier molecular flexibility index (Phi) is 5.98. The van der Waals surface area contributed by atoms with E-state index in [-0.39, 0.29) is 29.2 Å². The number of aryl methyl sites for hydroxylation is 1. The number of rotatable bonds is 5. The molecule has 3 aliphatic rings. The highest BCUT2D eigenvalue weighted by molar-refractivity contribution is 9.10. The summed E-state index contributed by atoms with van der Waals surface area (Å²) in [5.41, 5.74) is 2.01. The quantitative estimate of drug-likeness (QED) is 0.433. The van der Waals surface area contributed by atoms with Crippen molar-refractivity contribution < 1.29 is 23.9 Å². The average molecular weight is 546 g/mol. The van der Waals surface area contributed by atoms with Crippen molar-refractivity contribution in [1.29, 1.82) is 0 Å². The zero-order valence-electron chi connectivity index (χ0n) is 18.3. The highest BCUT2D eigenvalue weighted by Crippen LogP contribution is 2.56. The third-order valence-corrected chi connectivity index (χ3v) is 8.36. The number of amides is 3. The van der Waals surface area contributed by atoms with Crippen molar-refractivity contribution in [2.75, 3.05) is 16.8 Å². The lowest BCUT2D eigenvalue weighted by molar-refractivity contribution is -0.123. The number of anilines is 2. The zero-order chi connectivity index (χ0) is 24.1. The molecule has 2 aromatic carbocycles. The summed E-state index contributed by atoms with van der Waals surface area (Å²) in [5, 5.41) is 3.12. The number of benzene rings is 2. The molecule has 2 saturated carbocycles. The zero-order valence-corrected chi connectivity index (χ0v) is 20.7. The summed E-state index contributed by atoms with van der Waals surface area (Å²) >= 11 is 9.39. The van der Waals surface area contributed by atoms with Gasteiger partial charge in [0.15, 0.2) is 6.61 Å². The maximum absolute atomic E-state index is 13.0. The topological polar surface area (TPSA) is 92.8 Å². The van der Waals surface area contributed by atoms with Crippen LogP contribution in [0, 0.1) is 30.6 Å². The van der Waals surface area contributed by atoms with Crippen LogP contribution in [0.15, 0.2) is 40.9 Å². The molecule has 34 heavy (non-hydrogen) atoms. The predicted octanol–water partition coefficient (Wildman–Crippen LogP) is 4.74. The number of halogens is 2. The Morgan fingerprint density at radius 3 is 2.32 bits per heavy atom. The molecule has 0 radical (unpaired) electrons. The molecule has 7 nitrogen and oxygen atoms in total. The Bertz CT molecular complexity index is 1190. The Morgan fingerprint density at radius 1 is 1.09 bits per heavy atom. The Labute approximate surface area is 209 Å². The number of nitrogens with zero attached hydrogens (tertiary/aromatic N) is 1. The maximum atomic E-state index is 13.0. The van der Waals surface area contributed by atoms with Gasteiger partial charge in [-0.05, 0) is 95.9 Å². The van der Waals surface area contributed by atoms with Gasteiger partial charge in [0.05, 0.1) is 28.1 Å². The molecular formula is C25H22BrClN2O5. The molecule has 0 unspecified atom stereocenters. The molecule has 0 aromatic heterocycles. The van der Waals surface area contributed by atoms with Gasteiger partial charge in [-0.3, -0.25) is 19.3 Å². The van der Waals surface area contributed by atoms with E-state index in [0.29, 0.717) is 32.7 Å². The van der Waals surface area contributed by atoms with Crippen molar-refractivity contribution in [3.63, 3.8) is 0 Å². The minimum Gasteiger partial charge on any atom is -0.452 e. The van der Waals surface area contributed by atoms with Gasteiger partial charge in [-0.15, -0.1) is 0 Å². The Hall–Kier alpha value is -2.71. The highest BCUT2D eigenvalue weighted by atomic mass is 79.9. The molecule has 1 heterocycles. The Balaban J connectivity index is 1.20. The second-order valence-electron chi connectivity index (χ2n) is 9.15. The van der Waals surface area contributed by atoms with E-state index in [1.165, 1.54) is 17.0 Å². The third-order valence-electron chi connectivity index (χ3n) is 7.16. The van der Waals surface area contributed by atoms with Crippen LogP contribution in [0.3, 0.4) is 0 Å². The number of hydrogen-bond acceptors (Lipinski definition) is 5. The molecule has 3 fully saturated rings. The van der Waals surface area contributed by atoms with Crippen LogP contribution in [0.25, 0.3) is 0 Å². The second-order valence-corrected chi connectivity index (χ2v) is 10.4. The molecule has 176 valence electrons. The molecule has 9 heteroatoms. The summed E-state index contributed by atoms with van der Waals surface area (Å²) in [5.74, 6) is -1.20. The summed E-state index contributed by atoms with van der Waals surface area (Å²) in [6.07, 6.45) is 3.02. The molecule has 4 atom stereocenters. The van der Waals surface area contributed by atoms with E-state index in [1.54, 1.807) is 24.3 Å². The lowest BCUT2D eigenvalue weighted by Gasteiger charge is -2.19. The molecule has 1 N–H and O–H groups in total. The molecule has 1 aliphatic heterocycles. The highest BCUT2D eigenvalue weighted by Gasteiger charge is 2.61. The number of ether oxygens (including phenoxy) is 1. The first kappa shape index (κ1) is 23.1. The van der Waals surface area contributed by atoms with Crippen molar-refractivity contribution in [2.24, 2.45) is 23.7 Å². The number of hydrogen-bond donors (Lipinski definition) is 1. The van der Waals surface area contributed by atoms with Crippen LogP contribution < -0.4 is 10.2 Å². The number of carbonyl (C=O) groups is 4. The van der Waals surface area contributed by atoms with Crippen LogP contribution >= 0.6 is 27.5 Å². The van der Waals surface area contributed by atoms with Gasteiger partial charge in [0.2, 0.25) is 11.8 Å². The van der Waals surface area contributed by atoms with Gasteiger partial charge in [0, 0.05) is 10.2 Å². The van der Waals surface area contributed by atoms with Gasteiger partial charge < -0.3 is 10.1 Å². The van der Waals surface area contributed by atoms with E-state index in [2.05, 4.69) is 21.2 Å². The van der Waals surface area contributed by atoms with Gasteiger partial charge in [0.25, 0.3) is 5.91 Å². The number of esters is 1. The minimum absolute atomic E-state index is 0.127. The molecule has 0 spiro atoms. The van der Waals surface area contributed by atoms with E-state index >= 15 is 0 Å². The first-order chi connectivity index (χ1) is 16.2. The number of fused-ring (bicyclic) bond motifs is 5. The molecule has 2 aliphatic carbocycles. The van der Waals surface area contributed by atoms with Gasteiger partial charge in [-0.2, -0.15) is 0 Å². The fourth-order valence-electron chi connectivity index (χ4n) is 5.59. The van der Waals surface area contributed by atoms with Crippen molar-refractivity contribution in [1.82, 2.24) is 0 Å². The summed E-state index contributed by atoms with van der Waals surface area (Å²) in [4.78, 5) is 51.8. The molecule has 1 saturated heterocycles. The van der Waals surface area contributed by atoms with E-state index in [9.17, 15) is 19.2 Å². The monoisotopic (exact) mass is 544 g/mol. The lowest BCUT2D eigenvalue weighted by atomic mass is 9.81. The third kappa shape index (κ3) is 3.92. The second kappa shape index (κ2) is 8.82. The maximum Gasteiger partial charge on any atom is 0.338 e. The molecule has 5 rings (SSSR count). The van der Waals surface area contributed by atoms with Crippen molar-refractivity contribution in [3.8, 4) is 0 Å². The predicted molar refractivity (Wildman–Crippen MR) is 130 cm³/mol. The smallest absolute Gasteiger partial charge is 0.338 e. The van der Waals surface area contributed by atoms with Gasteiger partial charge in [-0.25, -0.2) is 4.79 Å². The van der Waals surface area contributed by atoms with Crippen molar-refractivity contribution in [2.45, 2.75) is 26.2 Å². The van der Waals surface area contributed by atoms with Crippen molar-refractivity contribution >= 4 is 62.6 Å². The molecule has 2 bridgehead atoms. The average Bonchev–Trinajstić information content (AvgIpc) is 3.49. The van der Waals surface area contributed by atoms with Crippen LogP contribution in [0.5, 0.6) is 0 Å². The van der Waals surface area contributed by atoms with Crippen molar-refractivity contribution in [3.05, 3.63) is 57.0 Å². The van der Waals surface area contributed by atoms with Crippen LogP contribution in [-0.4, -0.2) is 30.3 Å². The van der Waals surface area contributed by atoms with Crippen LogP contribution in [0.2, 0.25) is 5.02 Å². The van der Waals surface area contributed by atoms with Gasteiger partial charge >= 0.3 is 5.97 Å². The summed E-state index contributed by atoms with van der Waals surface area (Å²) in [7, 11) is 0. The Morgan fingerprint density at radius 2 is 1.71 bits per heavy atom. The minimum atomic E-state index is -0.679. The normalized spacial score (nSPS) is 25.0. The van der Waals surface area contributed by atoms with Crippen LogP contribution in [-0.2, 0) is 19.1 Å². The SMILES string of the molecule is Cc1cc(Br)c(Cl)cc1NC(=O)COC(=O)c1ccc(N2C(=O)[C@H]3[C@H]4CC[C@@H](C4)[C@@H]3C2=O)cc1. The first-order valence-electron chi connectivity index (χ1n) is 11.1. The molecule has 3 amide bonds. The molecule has 2 aromatic rings. The number of carbonyl (C=O) groups excluding carboxylic acids is 4. The van der Waals surface area contributed by atoms with Gasteiger partial charge in [0.1, 0.15) is 0 Å². The van der Waals surface area contributed by atoms with E-state index < -0.39 is 18.5 Å². The fourth-order valence-corrected chi connectivity index (χ4v) is 6.21.